The van der Waals surface area contributed by atoms with Gasteiger partial charge in [0.1, 0.15) is 0 Å². The van der Waals surface area contributed by atoms with E-state index in [1.54, 1.807) is 0 Å². The van der Waals surface area contributed by atoms with Gasteiger partial charge in [-0.25, -0.2) is 0 Å². The second kappa shape index (κ2) is 5.98. The highest BCUT2D eigenvalue weighted by Gasteiger charge is 2.14. The third kappa shape index (κ3) is 3.30. The molecule has 0 atom stereocenters. The molecule has 0 saturated carbocycles. The second-order valence-electron chi connectivity index (χ2n) is 4.66. The molecule has 0 aliphatic carbocycles. The largest absolute Gasteiger partial charge is 0.381 e. The van der Waals surface area contributed by atoms with E-state index in [9.17, 15) is 0 Å². The first-order valence-corrected chi connectivity index (χ1v) is 6.94. The van der Waals surface area contributed by atoms with Crippen molar-refractivity contribution in [3.8, 4) is 0 Å². The minimum absolute atomic E-state index is 0.761. The van der Waals surface area contributed by atoms with Crippen LogP contribution in [0.25, 0.3) is 0 Å². The predicted octanol–water partition coefficient (Wildman–Crippen LogP) is 2.01. The van der Waals surface area contributed by atoms with Crippen molar-refractivity contribution in [2.24, 2.45) is 13.0 Å². The topological polar surface area (TPSA) is 39.1 Å². The Morgan fingerprint density at radius 2 is 2.18 bits per heavy atom. The molecule has 96 valence electrons. The Morgan fingerprint density at radius 1 is 1.47 bits per heavy atom. The van der Waals surface area contributed by atoms with Crippen LogP contribution in [0.1, 0.15) is 24.2 Å². The monoisotopic (exact) mass is 301 g/mol. The Morgan fingerprint density at radius 3 is 2.76 bits per heavy atom. The fourth-order valence-electron chi connectivity index (χ4n) is 2.22. The molecule has 0 amide bonds. The van der Waals surface area contributed by atoms with Gasteiger partial charge in [0.25, 0.3) is 0 Å². The second-order valence-corrected chi connectivity index (χ2v) is 5.45. The summed E-state index contributed by atoms with van der Waals surface area (Å²) in [6.07, 6.45) is 2.36. The van der Waals surface area contributed by atoms with E-state index in [2.05, 4.69) is 26.3 Å². The van der Waals surface area contributed by atoms with Crippen molar-refractivity contribution in [1.29, 1.82) is 0 Å². The summed E-state index contributed by atoms with van der Waals surface area (Å²) in [5.41, 5.74) is 2.27. The summed E-state index contributed by atoms with van der Waals surface area (Å²) < 4.78 is 8.42. The normalized spacial score (nSPS) is 17.6. The van der Waals surface area contributed by atoms with Crippen molar-refractivity contribution in [3.63, 3.8) is 0 Å². The van der Waals surface area contributed by atoms with E-state index in [0.29, 0.717) is 0 Å². The molecule has 5 heteroatoms. The zero-order chi connectivity index (χ0) is 12.3. The van der Waals surface area contributed by atoms with E-state index in [1.165, 1.54) is 18.5 Å². The number of aryl methyl sites for hydroxylation is 2. The van der Waals surface area contributed by atoms with Crippen molar-refractivity contribution in [3.05, 3.63) is 15.9 Å². The number of hydrogen-bond acceptors (Lipinski definition) is 3. The lowest BCUT2D eigenvalue weighted by Crippen LogP contribution is -2.28. The molecule has 0 aromatic carbocycles. The lowest BCUT2D eigenvalue weighted by molar-refractivity contribution is 0.0662. The zero-order valence-corrected chi connectivity index (χ0v) is 12.1. The van der Waals surface area contributed by atoms with E-state index in [0.717, 1.165) is 42.4 Å². The first-order chi connectivity index (χ1) is 8.18. The summed E-state index contributed by atoms with van der Waals surface area (Å²) in [5, 5.41) is 7.91. The summed E-state index contributed by atoms with van der Waals surface area (Å²) in [4.78, 5) is 0. The highest BCUT2D eigenvalue weighted by molar-refractivity contribution is 9.10. The van der Waals surface area contributed by atoms with E-state index in [1.807, 2.05) is 18.7 Å². The third-order valence-electron chi connectivity index (χ3n) is 3.33. The van der Waals surface area contributed by atoms with Crippen molar-refractivity contribution in [2.45, 2.75) is 26.3 Å². The summed E-state index contributed by atoms with van der Waals surface area (Å²) in [6, 6.07) is 0. The number of nitrogens with zero attached hydrogens (tertiary/aromatic N) is 2. The molecular formula is C12H20BrN3O. The fraction of sp³-hybridized carbons (Fsp3) is 0.750. The number of aromatic nitrogens is 2. The summed E-state index contributed by atoms with van der Waals surface area (Å²) in [5.74, 6) is 0.761. The molecule has 2 heterocycles. The van der Waals surface area contributed by atoms with Gasteiger partial charge in [0.05, 0.1) is 15.9 Å². The minimum atomic E-state index is 0.761. The van der Waals surface area contributed by atoms with Crippen LogP contribution in [0.3, 0.4) is 0 Å². The molecule has 1 N–H and O–H groups in total. The SMILES string of the molecule is Cc1nn(C)c(CNCC2CCOCC2)c1Br. The van der Waals surface area contributed by atoms with Crippen molar-refractivity contribution in [1.82, 2.24) is 15.1 Å². The average Bonchev–Trinajstić information content (AvgIpc) is 2.57. The molecular weight excluding hydrogens is 282 g/mol. The smallest absolute Gasteiger partial charge is 0.0739 e. The van der Waals surface area contributed by atoms with Crippen LogP contribution in [-0.4, -0.2) is 29.5 Å². The maximum Gasteiger partial charge on any atom is 0.0739 e. The van der Waals surface area contributed by atoms with Gasteiger partial charge in [-0.3, -0.25) is 4.68 Å². The highest BCUT2D eigenvalue weighted by Crippen LogP contribution is 2.20. The van der Waals surface area contributed by atoms with Gasteiger partial charge in [0.2, 0.25) is 0 Å². The molecule has 0 bridgehead atoms. The van der Waals surface area contributed by atoms with Crippen molar-refractivity contribution >= 4 is 15.9 Å². The Kier molecular flexibility index (Phi) is 4.59. The van der Waals surface area contributed by atoms with Gasteiger partial charge in [-0.2, -0.15) is 5.10 Å². The molecule has 1 aliphatic heterocycles. The first-order valence-electron chi connectivity index (χ1n) is 6.15. The number of halogens is 1. The highest BCUT2D eigenvalue weighted by atomic mass is 79.9. The van der Waals surface area contributed by atoms with Gasteiger partial charge in [-0.1, -0.05) is 0 Å². The van der Waals surface area contributed by atoms with Crippen LogP contribution in [0.4, 0.5) is 0 Å². The lowest BCUT2D eigenvalue weighted by atomic mass is 10.0. The maximum atomic E-state index is 5.36. The van der Waals surface area contributed by atoms with Crippen LogP contribution in [0.5, 0.6) is 0 Å². The molecule has 1 saturated heterocycles. The van der Waals surface area contributed by atoms with Crippen LogP contribution >= 0.6 is 15.9 Å². The molecule has 1 aromatic rings. The van der Waals surface area contributed by atoms with Crippen LogP contribution in [0, 0.1) is 12.8 Å². The van der Waals surface area contributed by atoms with Crippen LogP contribution in [0.15, 0.2) is 4.47 Å². The number of nitrogens with one attached hydrogen (secondary N) is 1. The summed E-state index contributed by atoms with van der Waals surface area (Å²) in [7, 11) is 1.99. The molecule has 0 radical (unpaired) electrons. The van der Waals surface area contributed by atoms with E-state index >= 15 is 0 Å². The zero-order valence-electron chi connectivity index (χ0n) is 10.5. The Balaban J connectivity index is 1.81. The van der Waals surface area contributed by atoms with Crippen molar-refractivity contribution < 1.29 is 4.74 Å². The molecule has 0 spiro atoms. The van der Waals surface area contributed by atoms with E-state index in [-0.39, 0.29) is 0 Å². The van der Waals surface area contributed by atoms with Crippen LogP contribution < -0.4 is 5.32 Å². The Labute approximate surface area is 111 Å². The van der Waals surface area contributed by atoms with Crippen LogP contribution in [-0.2, 0) is 18.3 Å². The van der Waals surface area contributed by atoms with E-state index < -0.39 is 0 Å². The van der Waals surface area contributed by atoms with Gasteiger partial charge in [0.15, 0.2) is 0 Å². The predicted molar refractivity (Wildman–Crippen MR) is 70.9 cm³/mol. The van der Waals surface area contributed by atoms with Gasteiger partial charge < -0.3 is 10.1 Å². The van der Waals surface area contributed by atoms with Gasteiger partial charge in [-0.05, 0) is 48.2 Å². The Bertz CT molecular complexity index is 372. The van der Waals surface area contributed by atoms with Gasteiger partial charge >= 0.3 is 0 Å². The van der Waals surface area contributed by atoms with Gasteiger partial charge in [-0.15, -0.1) is 0 Å². The number of ether oxygens (including phenoxy) is 1. The fourth-order valence-corrected chi connectivity index (χ4v) is 2.69. The van der Waals surface area contributed by atoms with Crippen LogP contribution in [0.2, 0.25) is 0 Å². The standard InChI is InChI=1S/C12H20BrN3O/c1-9-12(13)11(16(2)15-9)8-14-7-10-3-5-17-6-4-10/h10,14H,3-8H2,1-2H3. The quantitative estimate of drug-likeness (QED) is 0.925. The molecule has 4 nitrogen and oxygen atoms in total. The van der Waals surface area contributed by atoms with Crippen molar-refractivity contribution in [2.75, 3.05) is 19.8 Å². The summed E-state index contributed by atoms with van der Waals surface area (Å²) in [6.45, 7) is 5.79. The number of rotatable bonds is 4. The number of hydrogen-bond donors (Lipinski definition) is 1. The van der Waals surface area contributed by atoms with E-state index in [4.69, 9.17) is 4.74 Å². The Hall–Kier alpha value is -0.390. The minimum Gasteiger partial charge on any atom is -0.381 e. The molecule has 1 aliphatic rings. The lowest BCUT2D eigenvalue weighted by Gasteiger charge is -2.22. The molecule has 1 aromatic heterocycles. The first kappa shape index (κ1) is 13.1. The summed E-state index contributed by atoms with van der Waals surface area (Å²) >= 11 is 3.58. The third-order valence-corrected chi connectivity index (χ3v) is 4.36. The van der Waals surface area contributed by atoms with Gasteiger partial charge in [0, 0.05) is 26.8 Å². The molecule has 2 rings (SSSR count). The molecule has 1 fully saturated rings. The average molecular weight is 302 g/mol. The molecule has 0 unspecified atom stereocenters. The molecule has 17 heavy (non-hydrogen) atoms. The maximum absolute atomic E-state index is 5.36.